The van der Waals surface area contributed by atoms with Crippen molar-refractivity contribution in [1.29, 1.82) is 0 Å². The Labute approximate surface area is 100 Å². The molecule has 1 N–H and O–H groups in total. The molecule has 0 saturated carbocycles. The standard InChI is InChI=1S/C11H16ClN3O/c1-7(2)8(3)4-15-11(16)9-5-14-10(12)6-13-9/h5-8H,4H2,1-3H3,(H,15,16). The summed E-state index contributed by atoms with van der Waals surface area (Å²) in [7, 11) is 0. The van der Waals surface area contributed by atoms with Gasteiger partial charge in [0, 0.05) is 6.54 Å². The summed E-state index contributed by atoms with van der Waals surface area (Å²) in [5, 5.41) is 3.10. The predicted octanol–water partition coefficient (Wildman–Crippen LogP) is 2.15. The molecule has 0 aliphatic carbocycles. The molecule has 4 nitrogen and oxygen atoms in total. The lowest BCUT2D eigenvalue weighted by Crippen LogP contribution is -2.30. The van der Waals surface area contributed by atoms with Gasteiger partial charge < -0.3 is 5.32 Å². The van der Waals surface area contributed by atoms with Gasteiger partial charge in [-0.25, -0.2) is 9.97 Å². The maximum atomic E-state index is 11.6. The minimum atomic E-state index is -0.211. The number of aromatic nitrogens is 2. The van der Waals surface area contributed by atoms with Crippen LogP contribution in [0.2, 0.25) is 5.15 Å². The van der Waals surface area contributed by atoms with Gasteiger partial charge in [-0.1, -0.05) is 32.4 Å². The second-order valence-electron chi connectivity index (χ2n) is 4.16. The molecule has 88 valence electrons. The number of hydrogen-bond acceptors (Lipinski definition) is 3. The van der Waals surface area contributed by atoms with Crippen molar-refractivity contribution in [3.63, 3.8) is 0 Å². The number of amides is 1. The van der Waals surface area contributed by atoms with Crippen LogP contribution in [-0.4, -0.2) is 22.4 Å². The molecule has 1 atom stereocenters. The fraction of sp³-hybridized carbons (Fsp3) is 0.545. The zero-order chi connectivity index (χ0) is 12.1. The van der Waals surface area contributed by atoms with Gasteiger partial charge in [0.05, 0.1) is 12.4 Å². The van der Waals surface area contributed by atoms with Gasteiger partial charge in [0.15, 0.2) is 0 Å². The van der Waals surface area contributed by atoms with E-state index >= 15 is 0 Å². The van der Waals surface area contributed by atoms with Crippen LogP contribution in [0.25, 0.3) is 0 Å². The van der Waals surface area contributed by atoms with Crippen molar-refractivity contribution in [2.45, 2.75) is 20.8 Å². The quantitative estimate of drug-likeness (QED) is 0.879. The highest BCUT2D eigenvalue weighted by molar-refractivity contribution is 6.29. The molecule has 1 aromatic rings. The third kappa shape index (κ3) is 3.77. The lowest BCUT2D eigenvalue weighted by Gasteiger charge is -2.15. The van der Waals surface area contributed by atoms with Crippen LogP contribution in [0.1, 0.15) is 31.3 Å². The Morgan fingerprint density at radius 1 is 1.38 bits per heavy atom. The predicted molar refractivity (Wildman–Crippen MR) is 63.4 cm³/mol. The summed E-state index contributed by atoms with van der Waals surface area (Å²) in [6.45, 7) is 6.98. The van der Waals surface area contributed by atoms with Gasteiger partial charge in [0.2, 0.25) is 0 Å². The van der Waals surface area contributed by atoms with Gasteiger partial charge in [-0.3, -0.25) is 4.79 Å². The maximum Gasteiger partial charge on any atom is 0.271 e. The van der Waals surface area contributed by atoms with Crippen molar-refractivity contribution in [2.75, 3.05) is 6.54 Å². The normalized spacial score (nSPS) is 12.6. The second-order valence-corrected chi connectivity index (χ2v) is 4.54. The monoisotopic (exact) mass is 241 g/mol. The Morgan fingerprint density at radius 2 is 2.06 bits per heavy atom. The van der Waals surface area contributed by atoms with E-state index in [1.807, 2.05) is 0 Å². The first kappa shape index (κ1) is 12.9. The van der Waals surface area contributed by atoms with Crippen LogP contribution < -0.4 is 5.32 Å². The number of carbonyl (C=O) groups is 1. The van der Waals surface area contributed by atoms with Gasteiger partial charge in [-0.15, -0.1) is 0 Å². The Bertz CT molecular complexity index is 351. The largest absolute Gasteiger partial charge is 0.350 e. The van der Waals surface area contributed by atoms with Gasteiger partial charge in [0.1, 0.15) is 10.8 Å². The second kappa shape index (κ2) is 5.80. The summed E-state index contributed by atoms with van der Waals surface area (Å²) >= 11 is 5.58. The van der Waals surface area contributed by atoms with Crippen molar-refractivity contribution in [2.24, 2.45) is 11.8 Å². The molecule has 1 rings (SSSR count). The highest BCUT2D eigenvalue weighted by Crippen LogP contribution is 2.08. The van der Waals surface area contributed by atoms with E-state index in [1.165, 1.54) is 12.4 Å². The Hall–Kier alpha value is -1.16. The van der Waals surface area contributed by atoms with Crippen molar-refractivity contribution in [1.82, 2.24) is 15.3 Å². The van der Waals surface area contributed by atoms with E-state index in [0.717, 1.165) is 0 Å². The summed E-state index contributed by atoms with van der Waals surface area (Å²) in [6, 6.07) is 0. The molecule has 0 saturated heterocycles. The zero-order valence-electron chi connectivity index (χ0n) is 9.70. The Balaban J connectivity index is 2.50. The van der Waals surface area contributed by atoms with Gasteiger partial charge >= 0.3 is 0 Å². The van der Waals surface area contributed by atoms with E-state index in [9.17, 15) is 4.79 Å². The molecule has 1 aromatic heterocycles. The fourth-order valence-corrected chi connectivity index (χ4v) is 1.11. The molecule has 0 fully saturated rings. The third-order valence-corrected chi connectivity index (χ3v) is 2.77. The lowest BCUT2D eigenvalue weighted by molar-refractivity contribution is 0.0939. The van der Waals surface area contributed by atoms with E-state index in [1.54, 1.807) is 0 Å². The maximum absolute atomic E-state index is 11.6. The Kier molecular flexibility index (Phi) is 4.68. The topological polar surface area (TPSA) is 54.9 Å². The highest BCUT2D eigenvalue weighted by Gasteiger charge is 2.11. The highest BCUT2D eigenvalue weighted by atomic mass is 35.5. The summed E-state index contributed by atoms with van der Waals surface area (Å²) in [5.74, 6) is 0.762. The summed E-state index contributed by atoms with van der Waals surface area (Å²) in [6.07, 6.45) is 2.74. The number of halogens is 1. The SMILES string of the molecule is CC(C)C(C)CNC(=O)c1cnc(Cl)cn1. The number of nitrogens with zero attached hydrogens (tertiary/aromatic N) is 2. The summed E-state index contributed by atoms with van der Waals surface area (Å²) < 4.78 is 0. The van der Waals surface area contributed by atoms with Crippen LogP contribution in [0.5, 0.6) is 0 Å². The first-order chi connectivity index (χ1) is 7.50. The molecule has 1 unspecified atom stereocenters. The van der Waals surface area contributed by atoms with E-state index in [0.29, 0.717) is 24.1 Å². The first-order valence-corrected chi connectivity index (χ1v) is 5.64. The van der Waals surface area contributed by atoms with Crippen LogP contribution in [0.3, 0.4) is 0 Å². The van der Waals surface area contributed by atoms with Crippen molar-refractivity contribution >= 4 is 17.5 Å². The molecular weight excluding hydrogens is 226 g/mol. The van der Waals surface area contributed by atoms with E-state index < -0.39 is 0 Å². The average Bonchev–Trinajstić information content (AvgIpc) is 2.26. The van der Waals surface area contributed by atoms with Crippen molar-refractivity contribution in [3.8, 4) is 0 Å². The van der Waals surface area contributed by atoms with Crippen LogP contribution in [-0.2, 0) is 0 Å². The molecule has 1 amide bonds. The molecule has 5 heteroatoms. The Morgan fingerprint density at radius 3 is 2.56 bits per heavy atom. The van der Waals surface area contributed by atoms with Gasteiger partial charge in [-0.05, 0) is 11.8 Å². The zero-order valence-corrected chi connectivity index (χ0v) is 10.5. The lowest BCUT2D eigenvalue weighted by atomic mass is 9.98. The van der Waals surface area contributed by atoms with Crippen LogP contribution in [0.4, 0.5) is 0 Å². The molecule has 1 heterocycles. The molecule has 0 aromatic carbocycles. The first-order valence-electron chi connectivity index (χ1n) is 5.26. The van der Waals surface area contributed by atoms with Crippen LogP contribution >= 0.6 is 11.6 Å². The van der Waals surface area contributed by atoms with Crippen LogP contribution in [0, 0.1) is 11.8 Å². The summed E-state index contributed by atoms with van der Waals surface area (Å²) in [4.78, 5) is 19.3. The van der Waals surface area contributed by atoms with Gasteiger partial charge in [0.25, 0.3) is 5.91 Å². The molecule has 0 aliphatic heterocycles. The van der Waals surface area contributed by atoms with E-state index in [4.69, 9.17) is 11.6 Å². The molecule has 0 spiro atoms. The molecular formula is C11H16ClN3O. The molecule has 16 heavy (non-hydrogen) atoms. The number of nitrogens with one attached hydrogen (secondary N) is 1. The third-order valence-electron chi connectivity index (χ3n) is 2.58. The van der Waals surface area contributed by atoms with Crippen molar-refractivity contribution in [3.05, 3.63) is 23.2 Å². The minimum Gasteiger partial charge on any atom is -0.350 e. The number of rotatable bonds is 4. The summed E-state index contributed by atoms with van der Waals surface area (Å²) in [5.41, 5.74) is 0.292. The average molecular weight is 242 g/mol. The van der Waals surface area contributed by atoms with E-state index in [-0.39, 0.29) is 11.1 Å². The van der Waals surface area contributed by atoms with Crippen molar-refractivity contribution < 1.29 is 4.79 Å². The number of hydrogen-bond donors (Lipinski definition) is 1. The minimum absolute atomic E-state index is 0.211. The van der Waals surface area contributed by atoms with Gasteiger partial charge in [-0.2, -0.15) is 0 Å². The van der Waals surface area contributed by atoms with E-state index in [2.05, 4.69) is 36.1 Å². The smallest absolute Gasteiger partial charge is 0.271 e. The fourth-order valence-electron chi connectivity index (χ4n) is 1.01. The molecule has 0 aliphatic rings. The number of carbonyl (C=O) groups excluding carboxylic acids is 1. The molecule has 0 bridgehead atoms. The van der Waals surface area contributed by atoms with Crippen LogP contribution in [0.15, 0.2) is 12.4 Å². The molecule has 0 radical (unpaired) electrons.